The number of aliphatic hydroxyl groups excluding tert-OH is 1. The minimum atomic E-state index is -0.406. The molecule has 15 heavy (non-hydrogen) atoms. The first-order valence-corrected chi connectivity index (χ1v) is 5.68. The maximum Gasteiger partial charge on any atom is 0.283 e. The molecule has 0 aliphatic carbocycles. The van der Waals surface area contributed by atoms with E-state index in [4.69, 9.17) is 5.11 Å². The second kappa shape index (κ2) is 5.72. The van der Waals surface area contributed by atoms with Crippen LogP contribution in [0.2, 0.25) is 0 Å². The molecule has 0 atom stereocenters. The number of benzene rings is 1. The van der Waals surface area contributed by atoms with Gasteiger partial charge >= 0.3 is 0 Å². The van der Waals surface area contributed by atoms with Crippen LogP contribution in [0.15, 0.2) is 23.1 Å². The highest BCUT2D eigenvalue weighted by Gasteiger charge is 2.14. The Kier molecular flexibility index (Phi) is 4.58. The summed E-state index contributed by atoms with van der Waals surface area (Å²) >= 11 is 1.47. The molecule has 1 N–H and O–H groups in total. The first-order valence-electron chi connectivity index (χ1n) is 4.70. The minimum absolute atomic E-state index is 0.0833. The van der Waals surface area contributed by atoms with E-state index in [2.05, 4.69) is 0 Å². The van der Waals surface area contributed by atoms with E-state index in [9.17, 15) is 10.1 Å². The van der Waals surface area contributed by atoms with E-state index >= 15 is 0 Å². The normalized spacial score (nSPS) is 10.3. The Labute approximate surface area is 92.5 Å². The average molecular weight is 227 g/mol. The van der Waals surface area contributed by atoms with Crippen molar-refractivity contribution in [2.24, 2.45) is 0 Å². The van der Waals surface area contributed by atoms with Gasteiger partial charge in [-0.2, -0.15) is 0 Å². The van der Waals surface area contributed by atoms with Gasteiger partial charge in [-0.15, -0.1) is 11.8 Å². The Bertz CT molecular complexity index is 355. The van der Waals surface area contributed by atoms with Gasteiger partial charge in [0.15, 0.2) is 0 Å². The highest BCUT2D eigenvalue weighted by molar-refractivity contribution is 7.99. The molecule has 0 spiro atoms. The van der Waals surface area contributed by atoms with Crippen molar-refractivity contribution in [3.05, 3.63) is 33.9 Å². The van der Waals surface area contributed by atoms with Crippen molar-refractivity contribution in [2.45, 2.75) is 24.8 Å². The third-order valence-corrected chi connectivity index (χ3v) is 3.13. The van der Waals surface area contributed by atoms with Gasteiger partial charge in [0.1, 0.15) is 0 Å². The molecule has 0 aromatic heterocycles. The summed E-state index contributed by atoms with van der Waals surface area (Å²) in [5.41, 5.74) is 0.655. The molecule has 0 unspecified atom stereocenters. The molecular formula is C10H13NO3S. The highest BCUT2D eigenvalue weighted by atomic mass is 32.2. The average Bonchev–Trinajstić information content (AvgIpc) is 2.26. The van der Waals surface area contributed by atoms with Crippen LogP contribution in [0.25, 0.3) is 0 Å². The maximum atomic E-state index is 10.8. The van der Waals surface area contributed by atoms with Crippen molar-refractivity contribution in [3.63, 3.8) is 0 Å². The third-order valence-electron chi connectivity index (χ3n) is 1.86. The second-order valence-corrected chi connectivity index (χ2v) is 4.20. The van der Waals surface area contributed by atoms with Crippen molar-refractivity contribution in [1.82, 2.24) is 0 Å². The lowest BCUT2D eigenvalue weighted by Crippen LogP contribution is -1.94. The summed E-state index contributed by atoms with van der Waals surface area (Å²) in [4.78, 5) is 11.0. The number of nitro groups is 1. The molecule has 4 nitrogen and oxygen atoms in total. The Morgan fingerprint density at radius 1 is 1.53 bits per heavy atom. The summed E-state index contributed by atoms with van der Waals surface area (Å²) in [6.07, 6.45) is 0.976. The molecule has 82 valence electrons. The van der Waals surface area contributed by atoms with E-state index in [1.54, 1.807) is 12.1 Å². The lowest BCUT2D eigenvalue weighted by atomic mass is 10.2. The summed E-state index contributed by atoms with van der Waals surface area (Å²) < 4.78 is 0. The molecule has 0 radical (unpaired) electrons. The van der Waals surface area contributed by atoms with Gasteiger partial charge in [-0.05, 0) is 23.8 Å². The third kappa shape index (κ3) is 3.21. The lowest BCUT2D eigenvalue weighted by molar-refractivity contribution is -0.387. The monoisotopic (exact) mass is 227 g/mol. The summed E-state index contributed by atoms with van der Waals surface area (Å²) in [6.45, 7) is 1.86. The van der Waals surface area contributed by atoms with Gasteiger partial charge in [-0.1, -0.05) is 13.0 Å². The van der Waals surface area contributed by atoms with Gasteiger partial charge in [-0.25, -0.2) is 0 Å². The van der Waals surface area contributed by atoms with Crippen LogP contribution in [0.5, 0.6) is 0 Å². The zero-order valence-corrected chi connectivity index (χ0v) is 9.29. The van der Waals surface area contributed by atoms with Crippen LogP contribution in [0.1, 0.15) is 18.9 Å². The van der Waals surface area contributed by atoms with E-state index in [0.717, 1.165) is 12.2 Å². The predicted molar refractivity (Wildman–Crippen MR) is 60.0 cm³/mol. The number of hydrogen-bond acceptors (Lipinski definition) is 4. The molecule has 0 saturated heterocycles. The zero-order valence-electron chi connectivity index (χ0n) is 8.47. The van der Waals surface area contributed by atoms with E-state index in [1.807, 2.05) is 6.92 Å². The molecule has 5 heteroatoms. The number of hydrogen-bond donors (Lipinski definition) is 1. The molecule has 0 bridgehead atoms. The quantitative estimate of drug-likeness (QED) is 0.477. The molecular weight excluding hydrogens is 214 g/mol. The van der Waals surface area contributed by atoms with Crippen LogP contribution in [-0.4, -0.2) is 15.8 Å². The summed E-state index contributed by atoms with van der Waals surface area (Å²) in [5, 5.41) is 19.6. The number of rotatable bonds is 5. The second-order valence-electron chi connectivity index (χ2n) is 3.07. The van der Waals surface area contributed by atoms with Crippen molar-refractivity contribution < 1.29 is 10.0 Å². The number of nitro benzene ring substituents is 1. The van der Waals surface area contributed by atoms with Gasteiger partial charge in [0.2, 0.25) is 0 Å². The van der Waals surface area contributed by atoms with Crippen LogP contribution in [0.3, 0.4) is 0 Å². The first kappa shape index (κ1) is 12.0. The smallest absolute Gasteiger partial charge is 0.283 e. The van der Waals surface area contributed by atoms with Crippen molar-refractivity contribution in [2.75, 3.05) is 5.75 Å². The molecule has 0 amide bonds. The fourth-order valence-corrected chi connectivity index (χ4v) is 2.01. The summed E-state index contributed by atoms with van der Waals surface area (Å²) in [6, 6.07) is 4.84. The maximum absolute atomic E-state index is 10.8. The standard InChI is InChI=1S/C10H13NO3S/c1-2-5-15-10-4-3-8(7-12)6-9(10)11(13)14/h3-4,6,12H,2,5,7H2,1H3. The number of thioether (sulfide) groups is 1. The topological polar surface area (TPSA) is 63.4 Å². The van der Waals surface area contributed by atoms with Gasteiger partial charge < -0.3 is 5.11 Å². The number of nitrogens with zero attached hydrogens (tertiary/aromatic N) is 1. The Morgan fingerprint density at radius 3 is 2.80 bits per heavy atom. The van der Waals surface area contributed by atoms with Crippen LogP contribution < -0.4 is 0 Å². The molecule has 1 rings (SSSR count). The van der Waals surface area contributed by atoms with Crippen LogP contribution in [-0.2, 0) is 6.61 Å². The van der Waals surface area contributed by atoms with E-state index in [-0.39, 0.29) is 12.3 Å². The van der Waals surface area contributed by atoms with Crippen LogP contribution in [0, 0.1) is 10.1 Å². The van der Waals surface area contributed by atoms with Gasteiger partial charge in [-0.3, -0.25) is 10.1 Å². The highest BCUT2D eigenvalue weighted by Crippen LogP contribution is 2.30. The fraction of sp³-hybridized carbons (Fsp3) is 0.400. The summed E-state index contributed by atoms with van der Waals surface area (Å²) in [5.74, 6) is 0.860. The molecule has 1 aromatic rings. The molecule has 0 fully saturated rings. The van der Waals surface area contributed by atoms with Gasteiger partial charge in [0.25, 0.3) is 5.69 Å². The predicted octanol–water partition coefficient (Wildman–Crippen LogP) is 2.59. The molecule has 0 aliphatic heterocycles. The van der Waals surface area contributed by atoms with E-state index in [0.29, 0.717) is 10.5 Å². The Hall–Kier alpha value is -1.07. The Morgan fingerprint density at radius 2 is 2.27 bits per heavy atom. The molecule has 0 aliphatic rings. The molecule has 0 heterocycles. The number of aliphatic hydroxyl groups is 1. The van der Waals surface area contributed by atoms with Crippen molar-refractivity contribution >= 4 is 17.4 Å². The van der Waals surface area contributed by atoms with Crippen LogP contribution >= 0.6 is 11.8 Å². The molecule has 1 aromatic carbocycles. The van der Waals surface area contributed by atoms with Crippen LogP contribution in [0.4, 0.5) is 5.69 Å². The van der Waals surface area contributed by atoms with Crippen molar-refractivity contribution in [3.8, 4) is 0 Å². The van der Waals surface area contributed by atoms with Gasteiger partial charge in [0, 0.05) is 6.07 Å². The fourth-order valence-electron chi connectivity index (χ4n) is 1.14. The minimum Gasteiger partial charge on any atom is -0.392 e. The lowest BCUT2D eigenvalue weighted by Gasteiger charge is -2.03. The SMILES string of the molecule is CCCSc1ccc(CO)cc1[N+](=O)[O-]. The first-order chi connectivity index (χ1) is 7.19. The summed E-state index contributed by atoms with van der Waals surface area (Å²) in [7, 11) is 0. The zero-order chi connectivity index (χ0) is 11.3. The van der Waals surface area contributed by atoms with Gasteiger partial charge in [0.05, 0.1) is 16.4 Å². The van der Waals surface area contributed by atoms with Crippen molar-refractivity contribution in [1.29, 1.82) is 0 Å². The Balaban J connectivity index is 2.98. The molecule has 0 saturated carbocycles. The van der Waals surface area contributed by atoms with E-state index < -0.39 is 4.92 Å². The largest absolute Gasteiger partial charge is 0.392 e. The van der Waals surface area contributed by atoms with E-state index in [1.165, 1.54) is 17.8 Å².